The standard InChI is InChI=1S/C36H65NO8/c1-3-5-7-9-11-13-14-15-16-18-20-22-24-26-32(40)37-29(30(39)25-23-21-19-17-12-10-8-6-4-2)28-44-36-35(43)34(42)33(41)31(27-38)45-36/h12-14,17,23,25,29-31,33-36,38-39,41-43H,3-11,15-16,18-22,24,26-28H2,1-2H3,(H,37,40)/b14-13+,17-12+,25-23+/t29-,30+,31-,33-,34?,35?,36-/m0/s1. The maximum absolute atomic E-state index is 12.8. The lowest BCUT2D eigenvalue weighted by atomic mass is 9.99. The minimum atomic E-state index is -1.57. The van der Waals surface area contributed by atoms with E-state index in [9.17, 15) is 30.3 Å². The molecule has 0 radical (unpaired) electrons. The van der Waals surface area contributed by atoms with Gasteiger partial charge in [-0.25, -0.2) is 0 Å². The number of allylic oxidation sites excluding steroid dienone is 5. The van der Waals surface area contributed by atoms with Crippen LogP contribution in [0.1, 0.15) is 129 Å². The van der Waals surface area contributed by atoms with Gasteiger partial charge in [-0.05, 0) is 57.8 Å². The minimum absolute atomic E-state index is 0.203. The summed E-state index contributed by atoms with van der Waals surface area (Å²) in [6, 6.07) is -0.820. The van der Waals surface area contributed by atoms with Crippen LogP contribution in [0.15, 0.2) is 36.5 Å². The summed E-state index contributed by atoms with van der Waals surface area (Å²) in [6.07, 6.45) is 23.4. The highest BCUT2D eigenvalue weighted by atomic mass is 16.7. The third-order valence-corrected chi connectivity index (χ3v) is 8.19. The molecule has 0 aliphatic carbocycles. The minimum Gasteiger partial charge on any atom is -0.394 e. The number of unbranched alkanes of at least 4 members (excludes halogenated alkanes) is 13. The number of nitrogens with one attached hydrogen (secondary N) is 1. The molecular formula is C36H65NO8. The molecule has 0 aromatic heterocycles. The summed E-state index contributed by atoms with van der Waals surface area (Å²) in [4.78, 5) is 12.8. The van der Waals surface area contributed by atoms with Crippen LogP contribution in [0.2, 0.25) is 0 Å². The van der Waals surface area contributed by atoms with Gasteiger partial charge in [0, 0.05) is 6.42 Å². The Labute approximate surface area is 272 Å². The fourth-order valence-corrected chi connectivity index (χ4v) is 5.22. The maximum Gasteiger partial charge on any atom is 0.220 e. The molecule has 9 heteroatoms. The van der Waals surface area contributed by atoms with E-state index in [4.69, 9.17) is 9.47 Å². The van der Waals surface area contributed by atoms with E-state index >= 15 is 0 Å². The van der Waals surface area contributed by atoms with Gasteiger partial charge in [-0.3, -0.25) is 4.79 Å². The number of aliphatic hydroxyl groups is 5. The second kappa shape index (κ2) is 27.5. The molecule has 0 aromatic carbocycles. The Kier molecular flexibility index (Phi) is 25.3. The van der Waals surface area contributed by atoms with E-state index in [1.807, 2.05) is 6.08 Å². The van der Waals surface area contributed by atoms with Crippen molar-refractivity contribution in [2.24, 2.45) is 0 Å². The lowest BCUT2D eigenvalue weighted by Gasteiger charge is -2.40. The molecule has 262 valence electrons. The fourth-order valence-electron chi connectivity index (χ4n) is 5.22. The van der Waals surface area contributed by atoms with E-state index in [2.05, 4.69) is 43.5 Å². The number of amides is 1. The van der Waals surface area contributed by atoms with Crippen molar-refractivity contribution in [1.29, 1.82) is 0 Å². The summed E-state index contributed by atoms with van der Waals surface area (Å²) >= 11 is 0. The van der Waals surface area contributed by atoms with Crippen LogP contribution in [0, 0.1) is 0 Å². The van der Waals surface area contributed by atoms with Gasteiger partial charge >= 0.3 is 0 Å². The Morgan fingerprint density at radius 1 is 0.733 bits per heavy atom. The summed E-state index contributed by atoms with van der Waals surface area (Å²) in [7, 11) is 0. The van der Waals surface area contributed by atoms with Gasteiger partial charge in [0.1, 0.15) is 24.4 Å². The second-order valence-electron chi connectivity index (χ2n) is 12.3. The first-order valence-electron chi connectivity index (χ1n) is 17.7. The SMILES string of the molecule is CCCCC/C=C/CC/C=C/[C@@H](O)[C@H](CO[C@H]1O[C@@H](CO)[C@H](O)C(O)C1O)NC(=O)CCCCCCC/C=C/CCCCCC. The van der Waals surface area contributed by atoms with Crippen molar-refractivity contribution in [3.05, 3.63) is 36.5 Å². The predicted molar refractivity (Wildman–Crippen MR) is 180 cm³/mol. The molecule has 1 rings (SSSR count). The molecule has 1 aliphatic rings. The van der Waals surface area contributed by atoms with Crippen molar-refractivity contribution in [1.82, 2.24) is 5.32 Å². The van der Waals surface area contributed by atoms with E-state index in [0.717, 1.165) is 57.8 Å². The zero-order chi connectivity index (χ0) is 33.1. The van der Waals surface area contributed by atoms with E-state index in [-0.39, 0.29) is 12.5 Å². The van der Waals surface area contributed by atoms with Crippen LogP contribution < -0.4 is 5.32 Å². The molecule has 1 heterocycles. The molecule has 2 unspecified atom stereocenters. The third-order valence-electron chi connectivity index (χ3n) is 8.19. The zero-order valence-electron chi connectivity index (χ0n) is 28.1. The summed E-state index contributed by atoms with van der Waals surface area (Å²) in [5.41, 5.74) is 0. The number of carbonyl (C=O) groups is 1. The van der Waals surface area contributed by atoms with Crippen LogP contribution in [0.4, 0.5) is 0 Å². The third kappa shape index (κ3) is 19.6. The number of hydrogen-bond donors (Lipinski definition) is 6. The number of rotatable bonds is 27. The molecule has 9 nitrogen and oxygen atoms in total. The van der Waals surface area contributed by atoms with Gasteiger partial charge in [0.2, 0.25) is 5.91 Å². The molecular weight excluding hydrogens is 574 g/mol. The Morgan fingerprint density at radius 3 is 1.91 bits per heavy atom. The molecule has 0 aromatic rings. The highest BCUT2D eigenvalue weighted by Gasteiger charge is 2.44. The van der Waals surface area contributed by atoms with Gasteiger partial charge in [-0.2, -0.15) is 0 Å². The molecule has 1 amide bonds. The Balaban J connectivity index is 2.51. The molecule has 1 saturated heterocycles. The lowest BCUT2D eigenvalue weighted by molar-refractivity contribution is -0.302. The summed E-state index contributed by atoms with van der Waals surface area (Å²) < 4.78 is 11.1. The fraction of sp³-hybridized carbons (Fsp3) is 0.806. The van der Waals surface area contributed by atoms with Gasteiger partial charge in [0.15, 0.2) is 6.29 Å². The van der Waals surface area contributed by atoms with Crippen molar-refractivity contribution in [3.63, 3.8) is 0 Å². The average Bonchev–Trinajstić information content (AvgIpc) is 3.04. The van der Waals surface area contributed by atoms with E-state index < -0.39 is 49.5 Å². The molecule has 1 fully saturated rings. The topological polar surface area (TPSA) is 149 Å². The smallest absolute Gasteiger partial charge is 0.220 e. The largest absolute Gasteiger partial charge is 0.394 e. The first-order valence-corrected chi connectivity index (χ1v) is 17.7. The van der Waals surface area contributed by atoms with Crippen LogP contribution in [0.25, 0.3) is 0 Å². The summed E-state index contributed by atoms with van der Waals surface area (Å²) in [5.74, 6) is -0.203. The predicted octanol–water partition coefficient (Wildman–Crippen LogP) is 5.38. The van der Waals surface area contributed by atoms with Crippen molar-refractivity contribution < 1.29 is 39.8 Å². The maximum atomic E-state index is 12.8. The molecule has 0 bridgehead atoms. The highest BCUT2D eigenvalue weighted by Crippen LogP contribution is 2.22. The second-order valence-corrected chi connectivity index (χ2v) is 12.3. The van der Waals surface area contributed by atoms with Crippen LogP contribution in [-0.2, 0) is 14.3 Å². The van der Waals surface area contributed by atoms with Gasteiger partial charge in [-0.15, -0.1) is 0 Å². The van der Waals surface area contributed by atoms with Crippen molar-refractivity contribution in [3.8, 4) is 0 Å². The van der Waals surface area contributed by atoms with Crippen LogP contribution in [-0.4, -0.2) is 87.5 Å². The number of carbonyl (C=O) groups excluding carboxylic acids is 1. The van der Waals surface area contributed by atoms with Crippen LogP contribution in [0.5, 0.6) is 0 Å². The van der Waals surface area contributed by atoms with Crippen LogP contribution in [0.3, 0.4) is 0 Å². The Hall–Kier alpha value is -1.59. The number of ether oxygens (including phenoxy) is 2. The monoisotopic (exact) mass is 639 g/mol. The number of aliphatic hydroxyl groups excluding tert-OH is 5. The van der Waals surface area contributed by atoms with Gasteiger partial charge in [-0.1, -0.05) is 102 Å². The Morgan fingerprint density at radius 2 is 1.27 bits per heavy atom. The van der Waals surface area contributed by atoms with Crippen molar-refractivity contribution in [2.45, 2.75) is 172 Å². The van der Waals surface area contributed by atoms with E-state index in [1.54, 1.807) is 6.08 Å². The first-order chi connectivity index (χ1) is 21.8. The van der Waals surface area contributed by atoms with Gasteiger partial charge in [0.25, 0.3) is 0 Å². The van der Waals surface area contributed by atoms with Crippen molar-refractivity contribution >= 4 is 5.91 Å². The summed E-state index contributed by atoms with van der Waals surface area (Å²) in [5, 5.41) is 53.6. The van der Waals surface area contributed by atoms with Crippen molar-refractivity contribution in [2.75, 3.05) is 13.2 Å². The van der Waals surface area contributed by atoms with E-state index in [1.165, 1.54) is 51.4 Å². The average molecular weight is 640 g/mol. The Bertz CT molecular complexity index is 802. The lowest BCUT2D eigenvalue weighted by Crippen LogP contribution is -2.60. The first kappa shape index (κ1) is 41.4. The normalized spacial score (nSPS) is 23.8. The van der Waals surface area contributed by atoms with Gasteiger partial charge < -0.3 is 40.3 Å². The summed E-state index contributed by atoms with van der Waals surface area (Å²) in [6.45, 7) is 3.64. The molecule has 7 atom stereocenters. The molecule has 0 spiro atoms. The molecule has 45 heavy (non-hydrogen) atoms. The molecule has 0 saturated carbocycles. The number of hydrogen-bond acceptors (Lipinski definition) is 8. The van der Waals surface area contributed by atoms with Crippen LogP contribution >= 0.6 is 0 Å². The zero-order valence-corrected chi connectivity index (χ0v) is 28.1. The van der Waals surface area contributed by atoms with E-state index in [0.29, 0.717) is 6.42 Å². The quantitative estimate of drug-likeness (QED) is 0.0519. The highest BCUT2D eigenvalue weighted by molar-refractivity contribution is 5.76. The molecule has 6 N–H and O–H groups in total. The van der Waals surface area contributed by atoms with Gasteiger partial charge in [0.05, 0.1) is 25.4 Å². The molecule has 1 aliphatic heterocycles.